The molecule has 504 valence electrons. The first kappa shape index (κ1) is 86.2. The van der Waals surface area contributed by atoms with Crippen molar-refractivity contribution in [3.05, 3.63) is 191 Å². The van der Waals surface area contributed by atoms with Crippen molar-refractivity contribution in [1.29, 1.82) is 0 Å². The number of carbonyl (C=O) groups is 8. The van der Waals surface area contributed by atoms with Crippen molar-refractivity contribution in [2.24, 2.45) is 11.5 Å². The molecule has 0 aromatic heterocycles. The third-order valence-corrected chi connectivity index (χ3v) is 12.5. The lowest BCUT2D eigenvalue weighted by Gasteiger charge is -2.19. The lowest BCUT2D eigenvalue weighted by Crippen LogP contribution is -2.24. The molecule has 0 aliphatic heterocycles. The molecule has 4 rings (SSSR count). The van der Waals surface area contributed by atoms with E-state index in [1.54, 1.807) is 56.4 Å². The van der Waals surface area contributed by atoms with E-state index < -0.39 is 10.8 Å². The molecule has 4 aromatic carbocycles. The van der Waals surface area contributed by atoms with Crippen LogP contribution in [0, 0.1) is 0 Å². The van der Waals surface area contributed by atoms with Crippen LogP contribution in [0.25, 0.3) is 24.3 Å². The van der Waals surface area contributed by atoms with Crippen LogP contribution in [-0.2, 0) is 47.8 Å². The maximum atomic E-state index is 11.6. The number of allylic oxidation sites excluding steroid dienone is 5. The second-order valence-electron chi connectivity index (χ2n) is 22.7. The molecule has 4 aromatic rings. The van der Waals surface area contributed by atoms with E-state index in [-0.39, 0.29) is 46.3 Å². The van der Waals surface area contributed by atoms with Crippen LogP contribution in [0.3, 0.4) is 0 Å². The van der Waals surface area contributed by atoms with Gasteiger partial charge in [-0.1, -0.05) is 159 Å². The third kappa shape index (κ3) is 58.5. The molecule has 0 bridgehead atoms. The molecule has 0 radical (unpaired) electrons. The second-order valence-corrected chi connectivity index (χ2v) is 23.4. The summed E-state index contributed by atoms with van der Waals surface area (Å²) in [5, 5.41) is 7.67. The fourth-order valence-electron chi connectivity index (χ4n) is 7.02. The van der Waals surface area contributed by atoms with E-state index in [4.69, 9.17) is 44.1 Å². The van der Waals surface area contributed by atoms with Crippen molar-refractivity contribution in [2.45, 2.75) is 170 Å². The number of nitrogens with one attached hydrogen (secondary N) is 3. The Labute approximate surface area is 560 Å². The van der Waals surface area contributed by atoms with Crippen LogP contribution in [0.2, 0.25) is 0 Å². The van der Waals surface area contributed by atoms with Crippen molar-refractivity contribution >= 4 is 93.4 Å². The zero-order valence-electron chi connectivity index (χ0n) is 56.2. The van der Waals surface area contributed by atoms with Gasteiger partial charge in [0, 0.05) is 62.7 Å². The minimum absolute atomic E-state index is 0.0547. The van der Waals surface area contributed by atoms with Crippen LogP contribution in [0.1, 0.15) is 181 Å². The minimum Gasteiger partial charge on any atom is -0.460 e. The Morgan fingerprint density at radius 2 is 0.685 bits per heavy atom. The highest BCUT2D eigenvalue weighted by atomic mass is 35.5. The van der Waals surface area contributed by atoms with E-state index in [1.165, 1.54) is 12.2 Å². The number of ether oxygens (including phenoxy) is 2. The van der Waals surface area contributed by atoms with Crippen molar-refractivity contribution in [3.63, 3.8) is 0 Å². The van der Waals surface area contributed by atoms with Crippen molar-refractivity contribution < 1.29 is 47.8 Å². The maximum absolute atomic E-state index is 11.6. The number of amides is 3. The Balaban J connectivity index is 0. The zero-order valence-corrected chi connectivity index (χ0v) is 57.8. The molecule has 7 N–H and O–H groups in total. The lowest BCUT2D eigenvalue weighted by atomic mass is 10.1. The standard InChI is InChI=1S/C19H27NO3.C19H25NO2.C13H18N2O.C10H21NO2.C9H7ClO.C5H7ClO/c1-19(2,3)23-18(22)12-8-5-9-15-20-17(21)14-13-16-10-6-4-7-11-16;1-3-16(2)18(21)12-8-5-9-15-20-19(22)14-13-17-10-6-4-7-11-17;14-10-4-5-11-15-13(16)9-8-12-6-2-1-3-7-12;1-10(2,3)13-9(12)7-5-4-6-8-11;10-9(11)7-6-8-4-2-1-3-5-8;1-3-4(2)5(6)7/h4,6-7,10-11,13-14H,5,8-9,12,15H2,1-3H3,(H,20,21);3-4,6-7,10-11,13-14H,5,8-9,12,15H2,1-2H3,(H,20,22);1-3,6-9H,4-5,10-11,14H2,(H,15,16);4-8,11H2,1-3H3;1-7H;3H,1-2H3/b14-13+;14-13+,16-3+;9-8+;;7-6+;4-3+. The summed E-state index contributed by atoms with van der Waals surface area (Å²) < 4.78 is 10.4. The molecule has 0 heterocycles. The molecular weight excluding hydrogens is 1200 g/mol. The molecule has 0 fully saturated rings. The molecule has 15 nitrogen and oxygen atoms in total. The van der Waals surface area contributed by atoms with Gasteiger partial charge in [-0.05, 0) is 209 Å². The molecule has 0 aliphatic carbocycles. The topological polar surface area (TPSA) is 243 Å². The van der Waals surface area contributed by atoms with Gasteiger partial charge in [-0.2, -0.15) is 0 Å². The van der Waals surface area contributed by atoms with Crippen molar-refractivity contribution in [1.82, 2.24) is 16.0 Å². The van der Waals surface area contributed by atoms with Gasteiger partial charge in [-0.25, -0.2) is 0 Å². The number of hydrogen-bond acceptors (Lipinski definition) is 12. The van der Waals surface area contributed by atoms with Crippen LogP contribution >= 0.6 is 23.2 Å². The highest BCUT2D eigenvalue weighted by Gasteiger charge is 2.16. The molecule has 0 saturated heterocycles. The molecule has 0 atom stereocenters. The fraction of sp³-hybridized carbons (Fsp3) is 0.413. The SMILES string of the molecule is C/C=C(\C)C(=O)CCCCCNC(=O)/C=C/c1ccccc1.C/C=C(\C)C(=O)Cl.CC(C)(C)OC(=O)CCCCCN.CC(C)(C)OC(=O)CCCCCNC(=O)/C=C/c1ccccc1.NCCCCNC(=O)/C=C/c1ccccc1.O=C(Cl)/C=C/c1ccccc1. The molecule has 0 unspecified atom stereocenters. The largest absolute Gasteiger partial charge is 0.460 e. The van der Waals surface area contributed by atoms with Gasteiger partial charge in [0.1, 0.15) is 11.2 Å². The number of halogens is 2. The van der Waals surface area contributed by atoms with E-state index >= 15 is 0 Å². The van der Waals surface area contributed by atoms with Gasteiger partial charge in [-0.3, -0.25) is 38.4 Å². The first-order valence-electron chi connectivity index (χ1n) is 31.5. The van der Waals surface area contributed by atoms with Gasteiger partial charge in [0.05, 0.1) is 0 Å². The highest BCUT2D eigenvalue weighted by Crippen LogP contribution is 2.13. The van der Waals surface area contributed by atoms with E-state index in [2.05, 4.69) is 16.0 Å². The number of rotatable bonds is 31. The summed E-state index contributed by atoms with van der Waals surface area (Å²) in [5.41, 5.74) is 15.3. The Hall–Kier alpha value is -7.82. The average Bonchev–Trinajstić information content (AvgIpc) is 3.74. The Kier molecular flexibility index (Phi) is 52.5. The summed E-state index contributed by atoms with van der Waals surface area (Å²) in [6.45, 7) is 21.7. The normalized spacial score (nSPS) is 11.2. The monoisotopic (exact) mass is 1310 g/mol. The number of ketones is 1. The van der Waals surface area contributed by atoms with Gasteiger partial charge < -0.3 is 36.9 Å². The molecule has 17 heteroatoms. The molecule has 0 spiro atoms. The number of nitrogens with two attached hydrogens (primary N) is 2. The first-order valence-corrected chi connectivity index (χ1v) is 32.3. The predicted octanol–water partition coefficient (Wildman–Crippen LogP) is 15.2. The zero-order chi connectivity index (χ0) is 69.3. The van der Waals surface area contributed by atoms with Crippen LogP contribution < -0.4 is 27.4 Å². The van der Waals surface area contributed by atoms with Crippen molar-refractivity contribution in [2.75, 3.05) is 32.7 Å². The first-order chi connectivity index (χ1) is 43.7. The van der Waals surface area contributed by atoms with Gasteiger partial charge in [-0.15, -0.1) is 0 Å². The summed E-state index contributed by atoms with van der Waals surface area (Å²) in [6.07, 6.45) is 28.1. The number of benzene rings is 4. The molecular formula is C75H105Cl2N5O10. The quantitative estimate of drug-likeness (QED) is 0.0137. The number of unbranched alkanes of at least 4 members (excludes halogenated alkanes) is 7. The average molecular weight is 1310 g/mol. The third-order valence-electron chi connectivity index (χ3n) is 12.1. The maximum Gasteiger partial charge on any atom is 0.306 e. The predicted molar refractivity (Wildman–Crippen MR) is 381 cm³/mol. The van der Waals surface area contributed by atoms with Gasteiger partial charge >= 0.3 is 11.9 Å². The minimum atomic E-state index is -0.450. The molecule has 92 heavy (non-hydrogen) atoms. The summed E-state index contributed by atoms with van der Waals surface area (Å²) in [6, 6.07) is 38.7. The van der Waals surface area contributed by atoms with E-state index in [1.807, 2.05) is 183 Å². The second kappa shape index (κ2) is 56.0. The van der Waals surface area contributed by atoms with Crippen LogP contribution in [-0.4, -0.2) is 89.9 Å². The summed E-state index contributed by atoms with van der Waals surface area (Å²) in [5.74, 6) is -0.277. The number of esters is 2. The van der Waals surface area contributed by atoms with Crippen LogP contribution in [0.4, 0.5) is 0 Å². The van der Waals surface area contributed by atoms with Crippen LogP contribution in [0.5, 0.6) is 0 Å². The Bertz CT molecular complexity index is 2860. The Morgan fingerprint density at radius 3 is 0.957 bits per heavy atom. The van der Waals surface area contributed by atoms with E-state index in [0.29, 0.717) is 57.6 Å². The highest BCUT2D eigenvalue weighted by molar-refractivity contribution is 6.67. The van der Waals surface area contributed by atoms with E-state index in [0.717, 1.165) is 98.5 Å². The molecule has 3 amide bonds. The summed E-state index contributed by atoms with van der Waals surface area (Å²) in [7, 11) is 0. The smallest absolute Gasteiger partial charge is 0.306 e. The number of Topliss-reactive ketones (excluding diaryl/α,β-unsaturated/α-hetero) is 1. The van der Waals surface area contributed by atoms with Gasteiger partial charge in [0.15, 0.2) is 5.78 Å². The molecule has 0 saturated carbocycles. The van der Waals surface area contributed by atoms with Crippen molar-refractivity contribution in [3.8, 4) is 0 Å². The fourth-order valence-corrected chi connectivity index (χ4v) is 7.19. The molecule has 0 aliphatic rings. The Morgan fingerprint density at radius 1 is 0.402 bits per heavy atom. The summed E-state index contributed by atoms with van der Waals surface area (Å²) >= 11 is 10.1. The number of carbonyl (C=O) groups excluding carboxylic acids is 8. The number of hydrogen-bond donors (Lipinski definition) is 5. The van der Waals surface area contributed by atoms with Crippen LogP contribution in [0.15, 0.2) is 169 Å². The summed E-state index contributed by atoms with van der Waals surface area (Å²) in [4.78, 5) is 89.3. The van der Waals surface area contributed by atoms with E-state index in [9.17, 15) is 38.4 Å². The van der Waals surface area contributed by atoms with Gasteiger partial charge in [0.2, 0.25) is 28.2 Å². The lowest BCUT2D eigenvalue weighted by molar-refractivity contribution is -0.156. The van der Waals surface area contributed by atoms with Gasteiger partial charge in [0.25, 0.3) is 0 Å².